The van der Waals surface area contributed by atoms with E-state index in [0.717, 1.165) is 11.3 Å². The lowest BCUT2D eigenvalue weighted by atomic mass is 10.1. The summed E-state index contributed by atoms with van der Waals surface area (Å²) in [6, 6.07) is 5.40. The van der Waals surface area contributed by atoms with Crippen LogP contribution in [-0.4, -0.2) is 36.8 Å². The van der Waals surface area contributed by atoms with Crippen molar-refractivity contribution in [1.82, 2.24) is 4.90 Å². The Morgan fingerprint density at radius 3 is 2.50 bits per heavy atom. The third-order valence-electron chi connectivity index (χ3n) is 3.43. The number of nitrogen functional groups attached to an aromatic ring is 1. The van der Waals surface area contributed by atoms with Crippen LogP contribution in [0.1, 0.15) is 18.4 Å². The third kappa shape index (κ3) is 4.30. The minimum atomic E-state index is -4.12. The Bertz CT molecular complexity index is 454. The van der Waals surface area contributed by atoms with Gasteiger partial charge in [0.2, 0.25) is 0 Å². The molecule has 0 bridgehead atoms. The molecule has 0 radical (unpaired) electrons. The van der Waals surface area contributed by atoms with E-state index in [1.165, 1.54) is 4.90 Å². The molecule has 1 aliphatic heterocycles. The molecule has 1 aromatic rings. The number of anilines is 1. The molecule has 0 aliphatic carbocycles. The van der Waals surface area contributed by atoms with Crippen LogP contribution in [0, 0.1) is 6.92 Å². The number of ether oxygens (including phenoxy) is 1. The molecular formula is C14H19F3N2O. The van der Waals surface area contributed by atoms with Gasteiger partial charge in [-0.1, -0.05) is 0 Å². The van der Waals surface area contributed by atoms with Crippen molar-refractivity contribution in [2.45, 2.75) is 32.0 Å². The minimum absolute atomic E-state index is 0.0261. The highest BCUT2D eigenvalue weighted by molar-refractivity contribution is 5.47. The lowest BCUT2D eigenvalue weighted by Crippen LogP contribution is -2.42. The van der Waals surface area contributed by atoms with Crippen molar-refractivity contribution < 1.29 is 17.9 Å². The van der Waals surface area contributed by atoms with Crippen LogP contribution in [0.4, 0.5) is 18.9 Å². The Labute approximate surface area is 116 Å². The van der Waals surface area contributed by atoms with E-state index in [1.54, 1.807) is 6.07 Å². The van der Waals surface area contributed by atoms with Crippen LogP contribution < -0.4 is 10.5 Å². The third-order valence-corrected chi connectivity index (χ3v) is 3.43. The molecule has 1 heterocycles. The molecule has 2 N–H and O–H groups in total. The van der Waals surface area contributed by atoms with Crippen molar-refractivity contribution in [3.8, 4) is 5.75 Å². The summed E-state index contributed by atoms with van der Waals surface area (Å²) >= 11 is 0. The molecule has 2 rings (SSSR count). The summed E-state index contributed by atoms with van der Waals surface area (Å²) in [6.45, 7) is 1.90. The number of hydrogen-bond acceptors (Lipinski definition) is 3. The van der Waals surface area contributed by atoms with Gasteiger partial charge < -0.3 is 10.5 Å². The number of alkyl halides is 3. The molecule has 0 atom stereocenters. The number of hydrogen-bond donors (Lipinski definition) is 1. The van der Waals surface area contributed by atoms with Crippen LogP contribution in [0.25, 0.3) is 0 Å². The van der Waals surface area contributed by atoms with Crippen molar-refractivity contribution in [3.05, 3.63) is 23.8 Å². The summed E-state index contributed by atoms with van der Waals surface area (Å²) in [5, 5.41) is 0. The SMILES string of the molecule is Cc1cc(N)ccc1OC1CCN(CC(F)(F)F)CC1. The number of nitrogens with two attached hydrogens (primary N) is 1. The molecule has 112 valence electrons. The maximum atomic E-state index is 12.3. The molecule has 6 heteroatoms. The van der Waals surface area contributed by atoms with Gasteiger partial charge in [-0.05, 0) is 43.5 Å². The zero-order chi connectivity index (χ0) is 14.8. The lowest BCUT2D eigenvalue weighted by Gasteiger charge is -2.32. The number of piperidine rings is 1. The van der Waals surface area contributed by atoms with Crippen molar-refractivity contribution in [3.63, 3.8) is 0 Å². The quantitative estimate of drug-likeness (QED) is 0.869. The zero-order valence-corrected chi connectivity index (χ0v) is 11.4. The molecule has 0 saturated carbocycles. The second-order valence-corrected chi connectivity index (χ2v) is 5.23. The van der Waals surface area contributed by atoms with E-state index in [-0.39, 0.29) is 6.10 Å². The van der Waals surface area contributed by atoms with E-state index in [2.05, 4.69) is 0 Å². The zero-order valence-electron chi connectivity index (χ0n) is 11.4. The average Bonchev–Trinajstić information content (AvgIpc) is 2.33. The Hall–Kier alpha value is -1.43. The summed E-state index contributed by atoms with van der Waals surface area (Å²) in [5.41, 5.74) is 7.29. The Morgan fingerprint density at radius 2 is 1.95 bits per heavy atom. The van der Waals surface area contributed by atoms with Crippen LogP contribution in [0.2, 0.25) is 0 Å². The molecule has 0 amide bonds. The Balaban J connectivity index is 1.85. The topological polar surface area (TPSA) is 38.5 Å². The van der Waals surface area contributed by atoms with Gasteiger partial charge in [-0.25, -0.2) is 0 Å². The van der Waals surface area contributed by atoms with Gasteiger partial charge in [0.05, 0.1) is 6.54 Å². The fourth-order valence-electron chi connectivity index (χ4n) is 2.42. The molecule has 3 nitrogen and oxygen atoms in total. The van der Waals surface area contributed by atoms with Gasteiger partial charge in [0.15, 0.2) is 0 Å². The summed E-state index contributed by atoms with van der Waals surface area (Å²) < 4.78 is 42.7. The Morgan fingerprint density at radius 1 is 1.30 bits per heavy atom. The van der Waals surface area contributed by atoms with Gasteiger partial charge >= 0.3 is 6.18 Å². The molecule has 0 aromatic heterocycles. The average molecular weight is 288 g/mol. The standard InChI is InChI=1S/C14H19F3N2O/c1-10-8-11(18)2-3-13(10)20-12-4-6-19(7-5-12)9-14(15,16)17/h2-3,8,12H,4-7,9,18H2,1H3. The van der Waals surface area contributed by atoms with Crippen molar-refractivity contribution in [2.24, 2.45) is 0 Å². The van der Waals surface area contributed by atoms with E-state index < -0.39 is 12.7 Å². The summed E-state index contributed by atoms with van der Waals surface area (Å²) in [6.07, 6.45) is -2.93. The smallest absolute Gasteiger partial charge is 0.401 e. The number of rotatable bonds is 3. The highest BCUT2D eigenvalue weighted by Crippen LogP contribution is 2.25. The van der Waals surface area contributed by atoms with Crippen molar-refractivity contribution >= 4 is 5.69 Å². The Kier molecular flexibility index (Phi) is 4.42. The van der Waals surface area contributed by atoms with E-state index >= 15 is 0 Å². The summed E-state index contributed by atoms with van der Waals surface area (Å²) in [4.78, 5) is 1.43. The van der Waals surface area contributed by atoms with Gasteiger partial charge in [0, 0.05) is 18.8 Å². The number of halogens is 3. The van der Waals surface area contributed by atoms with E-state index in [4.69, 9.17) is 10.5 Å². The number of likely N-dealkylation sites (tertiary alicyclic amines) is 1. The van der Waals surface area contributed by atoms with Crippen LogP contribution in [0.3, 0.4) is 0 Å². The van der Waals surface area contributed by atoms with Gasteiger partial charge in [-0.2, -0.15) is 13.2 Å². The first kappa shape index (κ1) is 15.0. The highest BCUT2D eigenvalue weighted by atomic mass is 19.4. The van der Waals surface area contributed by atoms with Crippen molar-refractivity contribution in [2.75, 3.05) is 25.4 Å². The highest BCUT2D eigenvalue weighted by Gasteiger charge is 2.32. The fourth-order valence-corrected chi connectivity index (χ4v) is 2.42. The molecule has 1 saturated heterocycles. The van der Waals surface area contributed by atoms with Gasteiger partial charge in [-0.15, -0.1) is 0 Å². The van der Waals surface area contributed by atoms with Crippen LogP contribution in [-0.2, 0) is 0 Å². The molecule has 1 aromatic carbocycles. The maximum absolute atomic E-state index is 12.3. The largest absolute Gasteiger partial charge is 0.490 e. The molecule has 20 heavy (non-hydrogen) atoms. The van der Waals surface area contributed by atoms with E-state index in [9.17, 15) is 13.2 Å². The fraction of sp³-hybridized carbons (Fsp3) is 0.571. The summed E-state index contributed by atoms with van der Waals surface area (Å²) in [5.74, 6) is 0.758. The predicted molar refractivity (Wildman–Crippen MR) is 71.7 cm³/mol. The van der Waals surface area contributed by atoms with Crippen molar-refractivity contribution in [1.29, 1.82) is 0 Å². The predicted octanol–water partition coefficient (Wildman–Crippen LogP) is 2.98. The molecule has 1 fully saturated rings. The van der Waals surface area contributed by atoms with Crippen LogP contribution in [0.5, 0.6) is 5.75 Å². The number of nitrogens with zero attached hydrogens (tertiary/aromatic N) is 1. The first-order valence-electron chi connectivity index (χ1n) is 6.65. The first-order chi connectivity index (χ1) is 9.33. The van der Waals surface area contributed by atoms with Gasteiger partial charge in [-0.3, -0.25) is 4.90 Å². The maximum Gasteiger partial charge on any atom is 0.401 e. The minimum Gasteiger partial charge on any atom is -0.490 e. The lowest BCUT2D eigenvalue weighted by molar-refractivity contribution is -0.149. The monoisotopic (exact) mass is 288 g/mol. The first-order valence-corrected chi connectivity index (χ1v) is 6.65. The summed E-state index contributed by atoms with van der Waals surface area (Å²) in [7, 11) is 0. The normalized spacial score (nSPS) is 18.2. The van der Waals surface area contributed by atoms with E-state index in [1.807, 2.05) is 19.1 Å². The molecule has 0 spiro atoms. The molecule has 1 aliphatic rings. The van der Waals surface area contributed by atoms with Crippen LogP contribution >= 0.6 is 0 Å². The molecular weight excluding hydrogens is 269 g/mol. The molecule has 0 unspecified atom stereocenters. The van der Waals surface area contributed by atoms with E-state index in [0.29, 0.717) is 31.6 Å². The number of benzene rings is 1. The van der Waals surface area contributed by atoms with Crippen LogP contribution in [0.15, 0.2) is 18.2 Å². The number of aryl methyl sites for hydroxylation is 1. The second kappa shape index (κ2) is 5.91. The van der Waals surface area contributed by atoms with Gasteiger partial charge in [0.1, 0.15) is 11.9 Å². The van der Waals surface area contributed by atoms with Gasteiger partial charge in [0.25, 0.3) is 0 Å². The second-order valence-electron chi connectivity index (χ2n) is 5.23.